The minimum Gasteiger partial charge on any atom is -0.390 e. The van der Waals surface area contributed by atoms with Gasteiger partial charge in [-0.2, -0.15) is 0 Å². The van der Waals surface area contributed by atoms with Crippen LogP contribution in [0, 0.1) is 0 Å². The Hall–Kier alpha value is 0.580. The maximum absolute atomic E-state index is 12.5. The molecular formula is C5H9FINO. The Bertz CT molecular complexity index is 103. The second-order valence-corrected chi connectivity index (χ2v) is 3.61. The van der Waals surface area contributed by atoms with Crippen molar-refractivity contribution in [1.29, 1.82) is 0 Å². The summed E-state index contributed by atoms with van der Waals surface area (Å²) in [5.41, 5.74) is 0. The fourth-order valence-electron chi connectivity index (χ4n) is 0.855. The summed E-state index contributed by atoms with van der Waals surface area (Å²) < 4.78 is 14.4. The molecule has 1 N–H and O–H groups in total. The molecule has 54 valence electrons. The van der Waals surface area contributed by atoms with Crippen molar-refractivity contribution < 1.29 is 9.50 Å². The van der Waals surface area contributed by atoms with Crippen molar-refractivity contribution in [1.82, 2.24) is 3.11 Å². The maximum atomic E-state index is 12.5. The SMILES string of the molecule is O[C@H]1CCN(I)C[C@@H]1F. The van der Waals surface area contributed by atoms with Crippen LogP contribution in [0.5, 0.6) is 0 Å². The summed E-state index contributed by atoms with van der Waals surface area (Å²) in [5.74, 6) is 0. The number of aliphatic hydroxyl groups excluding tert-OH is 1. The Morgan fingerprint density at radius 3 is 2.78 bits per heavy atom. The van der Waals surface area contributed by atoms with E-state index < -0.39 is 12.3 Å². The molecule has 0 spiro atoms. The minimum absolute atomic E-state index is 0.363. The fourth-order valence-corrected chi connectivity index (χ4v) is 1.51. The Balaban J connectivity index is 2.35. The van der Waals surface area contributed by atoms with E-state index in [0.29, 0.717) is 13.0 Å². The van der Waals surface area contributed by atoms with Gasteiger partial charge >= 0.3 is 0 Å². The van der Waals surface area contributed by atoms with Crippen LogP contribution in [0.3, 0.4) is 0 Å². The average Bonchev–Trinajstić information content (AvgIpc) is 1.80. The summed E-state index contributed by atoms with van der Waals surface area (Å²) >= 11 is 2.06. The van der Waals surface area contributed by atoms with Crippen LogP contribution in [0.25, 0.3) is 0 Å². The molecule has 1 heterocycles. The second kappa shape index (κ2) is 3.12. The van der Waals surface area contributed by atoms with Crippen LogP contribution in [-0.2, 0) is 0 Å². The highest BCUT2D eigenvalue weighted by Crippen LogP contribution is 2.16. The monoisotopic (exact) mass is 245 g/mol. The van der Waals surface area contributed by atoms with Gasteiger partial charge < -0.3 is 5.11 Å². The van der Waals surface area contributed by atoms with E-state index in [0.717, 1.165) is 6.54 Å². The molecule has 0 aliphatic carbocycles. The van der Waals surface area contributed by atoms with E-state index in [-0.39, 0.29) is 0 Å². The highest BCUT2D eigenvalue weighted by Gasteiger charge is 2.25. The van der Waals surface area contributed by atoms with Crippen LogP contribution in [-0.4, -0.2) is 33.6 Å². The molecule has 0 bridgehead atoms. The van der Waals surface area contributed by atoms with E-state index in [9.17, 15) is 4.39 Å². The number of hydrogen-bond acceptors (Lipinski definition) is 2. The van der Waals surface area contributed by atoms with E-state index in [4.69, 9.17) is 5.11 Å². The predicted molar refractivity (Wildman–Crippen MR) is 41.1 cm³/mol. The third-order valence-corrected chi connectivity index (χ3v) is 2.33. The van der Waals surface area contributed by atoms with E-state index in [2.05, 4.69) is 22.9 Å². The summed E-state index contributed by atoms with van der Waals surface area (Å²) in [6.07, 6.45) is -1.21. The van der Waals surface area contributed by atoms with Gasteiger partial charge in [0.2, 0.25) is 0 Å². The van der Waals surface area contributed by atoms with E-state index >= 15 is 0 Å². The van der Waals surface area contributed by atoms with Crippen molar-refractivity contribution in [3.63, 3.8) is 0 Å². The highest BCUT2D eigenvalue weighted by molar-refractivity contribution is 14.1. The van der Waals surface area contributed by atoms with Crippen molar-refractivity contribution in [2.45, 2.75) is 18.7 Å². The Morgan fingerprint density at radius 2 is 2.33 bits per heavy atom. The van der Waals surface area contributed by atoms with Crippen LogP contribution in [0.1, 0.15) is 6.42 Å². The van der Waals surface area contributed by atoms with Gasteiger partial charge in [0.05, 0.1) is 6.10 Å². The van der Waals surface area contributed by atoms with Gasteiger partial charge in [0.25, 0.3) is 0 Å². The van der Waals surface area contributed by atoms with Crippen LogP contribution in [0.15, 0.2) is 0 Å². The number of rotatable bonds is 0. The lowest BCUT2D eigenvalue weighted by Gasteiger charge is -2.27. The van der Waals surface area contributed by atoms with Crippen molar-refractivity contribution in [2.24, 2.45) is 0 Å². The van der Waals surface area contributed by atoms with Gasteiger partial charge in [0, 0.05) is 36.0 Å². The van der Waals surface area contributed by atoms with Crippen LogP contribution >= 0.6 is 22.9 Å². The van der Waals surface area contributed by atoms with Gasteiger partial charge in [-0.25, -0.2) is 7.50 Å². The zero-order valence-electron chi connectivity index (χ0n) is 4.93. The van der Waals surface area contributed by atoms with Crippen LogP contribution < -0.4 is 0 Å². The first-order valence-electron chi connectivity index (χ1n) is 2.93. The van der Waals surface area contributed by atoms with Crippen molar-refractivity contribution in [3.05, 3.63) is 0 Å². The minimum atomic E-state index is -1.05. The molecule has 2 nitrogen and oxygen atoms in total. The Morgan fingerprint density at radius 1 is 1.67 bits per heavy atom. The maximum Gasteiger partial charge on any atom is 0.139 e. The molecule has 0 radical (unpaired) electrons. The molecule has 1 saturated heterocycles. The lowest BCUT2D eigenvalue weighted by molar-refractivity contribution is 0.0369. The molecule has 1 aliphatic heterocycles. The average molecular weight is 245 g/mol. The summed E-state index contributed by atoms with van der Waals surface area (Å²) in [5, 5.41) is 8.89. The number of nitrogens with zero attached hydrogens (tertiary/aromatic N) is 1. The number of aliphatic hydroxyl groups is 1. The molecule has 1 aliphatic rings. The Labute approximate surface area is 67.5 Å². The molecule has 9 heavy (non-hydrogen) atoms. The quantitative estimate of drug-likeness (QED) is 0.502. The Kier molecular flexibility index (Phi) is 2.66. The second-order valence-electron chi connectivity index (χ2n) is 2.24. The number of hydrogen-bond donors (Lipinski definition) is 1. The van der Waals surface area contributed by atoms with Gasteiger partial charge in [0.1, 0.15) is 6.17 Å². The van der Waals surface area contributed by atoms with Gasteiger partial charge in [-0.05, 0) is 6.42 Å². The number of alkyl halides is 1. The van der Waals surface area contributed by atoms with Gasteiger partial charge in [0.15, 0.2) is 0 Å². The summed E-state index contributed by atoms with van der Waals surface area (Å²) in [6, 6.07) is 0. The van der Waals surface area contributed by atoms with E-state index in [1.165, 1.54) is 0 Å². The smallest absolute Gasteiger partial charge is 0.139 e. The molecule has 1 fully saturated rings. The van der Waals surface area contributed by atoms with E-state index in [1.54, 1.807) is 0 Å². The largest absolute Gasteiger partial charge is 0.390 e. The third-order valence-electron chi connectivity index (χ3n) is 1.46. The standard InChI is InChI=1S/C5H9FINO/c6-4-3-8(7)2-1-5(4)9/h4-5,9H,1-3H2/t4-,5-/m0/s1. The van der Waals surface area contributed by atoms with Crippen molar-refractivity contribution >= 4 is 22.9 Å². The zero-order valence-corrected chi connectivity index (χ0v) is 7.08. The van der Waals surface area contributed by atoms with E-state index in [1.807, 2.05) is 3.11 Å². The predicted octanol–water partition coefficient (Wildman–Crippen LogP) is 0.741. The molecular weight excluding hydrogens is 236 g/mol. The van der Waals surface area contributed by atoms with Gasteiger partial charge in [-0.1, -0.05) is 0 Å². The lowest BCUT2D eigenvalue weighted by atomic mass is 10.1. The molecule has 0 amide bonds. The first-order chi connectivity index (χ1) is 4.20. The lowest BCUT2D eigenvalue weighted by Crippen LogP contribution is -2.39. The molecule has 0 saturated carbocycles. The molecule has 0 unspecified atom stereocenters. The third kappa shape index (κ3) is 2.01. The first-order valence-corrected chi connectivity index (χ1v) is 3.89. The molecule has 4 heteroatoms. The van der Waals surface area contributed by atoms with Crippen molar-refractivity contribution in [3.8, 4) is 0 Å². The molecule has 0 aromatic carbocycles. The van der Waals surface area contributed by atoms with Gasteiger partial charge in [-0.3, -0.25) is 0 Å². The molecule has 1 rings (SSSR count). The zero-order chi connectivity index (χ0) is 6.85. The summed E-state index contributed by atoms with van der Waals surface area (Å²) in [4.78, 5) is 0. The molecule has 0 aromatic rings. The topological polar surface area (TPSA) is 23.5 Å². The van der Waals surface area contributed by atoms with Crippen molar-refractivity contribution in [2.75, 3.05) is 13.1 Å². The van der Waals surface area contributed by atoms with Gasteiger partial charge in [-0.15, -0.1) is 0 Å². The first kappa shape index (κ1) is 7.68. The molecule has 0 aromatic heterocycles. The highest BCUT2D eigenvalue weighted by atomic mass is 127. The molecule has 2 atom stereocenters. The summed E-state index contributed by atoms with van der Waals surface area (Å²) in [7, 11) is 0. The van der Waals surface area contributed by atoms with Crippen LogP contribution in [0.2, 0.25) is 0 Å². The number of piperidine rings is 1. The normalized spacial score (nSPS) is 39.0. The summed E-state index contributed by atoms with van der Waals surface area (Å²) in [6.45, 7) is 1.16. The van der Waals surface area contributed by atoms with Crippen LogP contribution in [0.4, 0.5) is 4.39 Å². The number of halogens is 2. The fraction of sp³-hybridized carbons (Fsp3) is 1.00.